The Morgan fingerprint density at radius 1 is 1.47 bits per heavy atom. The van der Waals surface area contributed by atoms with Crippen molar-refractivity contribution in [1.82, 2.24) is 4.90 Å². The van der Waals surface area contributed by atoms with E-state index in [1.807, 2.05) is 18.2 Å². The highest BCUT2D eigenvalue weighted by molar-refractivity contribution is 5.30. The molecule has 0 amide bonds. The second-order valence-electron chi connectivity index (χ2n) is 5.56. The van der Waals surface area contributed by atoms with Crippen molar-refractivity contribution in [2.45, 2.75) is 32.2 Å². The monoisotopic (exact) mass is 262 g/mol. The molecule has 2 unspecified atom stereocenters. The molecule has 19 heavy (non-hydrogen) atoms. The lowest BCUT2D eigenvalue weighted by atomic mass is 9.95. The van der Waals surface area contributed by atoms with Crippen LogP contribution in [0.25, 0.3) is 0 Å². The van der Waals surface area contributed by atoms with E-state index in [-0.39, 0.29) is 6.04 Å². The summed E-state index contributed by atoms with van der Waals surface area (Å²) in [6.45, 7) is 5.63. The van der Waals surface area contributed by atoms with Crippen LogP contribution in [0.5, 0.6) is 5.75 Å². The molecule has 1 fully saturated rings. The Balaban J connectivity index is 1.94. The van der Waals surface area contributed by atoms with Gasteiger partial charge in [-0.1, -0.05) is 25.5 Å². The average molecular weight is 262 g/mol. The minimum absolute atomic E-state index is 0.0747. The zero-order valence-electron chi connectivity index (χ0n) is 12.1. The van der Waals surface area contributed by atoms with Gasteiger partial charge in [0.15, 0.2) is 0 Å². The molecule has 2 atom stereocenters. The van der Waals surface area contributed by atoms with E-state index in [1.165, 1.54) is 32.4 Å². The van der Waals surface area contributed by atoms with E-state index >= 15 is 0 Å². The Morgan fingerprint density at radius 2 is 2.32 bits per heavy atom. The lowest BCUT2D eigenvalue weighted by Crippen LogP contribution is -2.39. The number of nitrogens with two attached hydrogens (primary N) is 1. The normalized spacial score (nSPS) is 22.2. The van der Waals surface area contributed by atoms with E-state index in [2.05, 4.69) is 17.9 Å². The van der Waals surface area contributed by atoms with Crippen molar-refractivity contribution in [3.8, 4) is 5.75 Å². The standard InChI is InChI=1S/C16H26N2O/c1-3-13-6-5-9-18(11-13)12-16(17)14-7-4-8-15(10-14)19-2/h4,7-8,10,13,16H,3,5-6,9,11-12,17H2,1-2H3. The SMILES string of the molecule is CCC1CCCN(CC(N)c2cccc(OC)c2)C1. The number of ether oxygens (including phenoxy) is 1. The Labute approximate surface area is 116 Å². The molecule has 0 aromatic heterocycles. The summed E-state index contributed by atoms with van der Waals surface area (Å²) >= 11 is 0. The zero-order chi connectivity index (χ0) is 13.7. The lowest BCUT2D eigenvalue weighted by molar-refractivity contribution is 0.163. The van der Waals surface area contributed by atoms with Crippen molar-refractivity contribution < 1.29 is 4.74 Å². The summed E-state index contributed by atoms with van der Waals surface area (Å²) < 4.78 is 5.26. The second kappa shape index (κ2) is 6.92. The van der Waals surface area contributed by atoms with Crippen LogP contribution in [0.15, 0.2) is 24.3 Å². The molecule has 1 heterocycles. The summed E-state index contributed by atoms with van der Waals surface area (Å²) in [5.74, 6) is 1.74. The van der Waals surface area contributed by atoms with Gasteiger partial charge in [0, 0.05) is 19.1 Å². The number of hydrogen-bond acceptors (Lipinski definition) is 3. The molecule has 0 aliphatic carbocycles. The molecule has 106 valence electrons. The smallest absolute Gasteiger partial charge is 0.119 e. The van der Waals surface area contributed by atoms with Gasteiger partial charge in [-0.05, 0) is 43.0 Å². The number of piperidine rings is 1. The van der Waals surface area contributed by atoms with Crippen molar-refractivity contribution in [3.05, 3.63) is 29.8 Å². The van der Waals surface area contributed by atoms with Gasteiger partial charge in [-0.2, -0.15) is 0 Å². The van der Waals surface area contributed by atoms with Gasteiger partial charge in [0.25, 0.3) is 0 Å². The molecule has 1 aliphatic heterocycles. The fraction of sp³-hybridized carbons (Fsp3) is 0.625. The Hall–Kier alpha value is -1.06. The number of methoxy groups -OCH3 is 1. The minimum atomic E-state index is 0.0747. The average Bonchev–Trinajstić information content (AvgIpc) is 2.47. The first-order valence-electron chi connectivity index (χ1n) is 7.34. The van der Waals surface area contributed by atoms with Gasteiger partial charge in [-0.15, -0.1) is 0 Å². The molecular formula is C16H26N2O. The number of nitrogens with zero attached hydrogens (tertiary/aromatic N) is 1. The fourth-order valence-electron chi connectivity index (χ4n) is 2.91. The van der Waals surface area contributed by atoms with Crippen molar-refractivity contribution in [2.24, 2.45) is 11.7 Å². The molecule has 1 aromatic rings. The first-order valence-corrected chi connectivity index (χ1v) is 7.34. The van der Waals surface area contributed by atoms with Gasteiger partial charge < -0.3 is 15.4 Å². The third-order valence-corrected chi connectivity index (χ3v) is 4.16. The van der Waals surface area contributed by atoms with Crippen LogP contribution in [0.2, 0.25) is 0 Å². The number of benzene rings is 1. The van der Waals surface area contributed by atoms with Crippen LogP contribution >= 0.6 is 0 Å². The van der Waals surface area contributed by atoms with E-state index in [0.29, 0.717) is 0 Å². The number of hydrogen-bond donors (Lipinski definition) is 1. The predicted octanol–water partition coefficient (Wildman–Crippen LogP) is 2.82. The highest BCUT2D eigenvalue weighted by Crippen LogP contribution is 2.23. The zero-order valence-corrected chi connectivity index (χ0v) is 12.1. The third-order valence-electron chi connectivity index (χ3n) is 4.16. The first-order chi connectivity index (χ1) is 9.22. The van der Waals surface area contributed by atoms with Crippen LogP contribution in [0, 0.1) is 5.92 Å². The summed E-state index contributed by atoms with van der Waals surface area (Å²) in [7, 11) is 1.70. The summed E-state index contributed by atoms with van der Waals surface area (Å²) in [5.41, 5.74) is 7.50. The molecule has 1 aromatic carbocycles. The lowest BCUT2D eigenvalue weighted by Gasteiger charge is -2.34. The molecule has 2 rings (SSSR count). The molecule has 1 saturated heterocycles. The summed E-state index contributed by atoms with van der Waals surface area (Å²) in [6.07, 6.45) is 3.97. The largest absolute Gasteiger partial charge is 0.497 e. The Morgan fingerprint density at radius 3 is 3.05 bits per heavy atom. The van der Waals surface area contributed by atoms with Gasteiger partial charge >= 0.3 is 0 Å². The first kappa shape index (κ1) is 14.4. The van der Waals surface area contributed by atoms with Crippen molar-refractivity contribution >= 4 is 0 Å². The van der Waals surface area contributed by atoms with Crippen LogP contribution in [-0.4, -0.2) is 31.6 Å². The molecule has 0 spiro atoms. The quantitative estimate of drug-likeness (QED) is 0.887. The summed E-state index contributed by atoms with van der Waals surface area (Å²) in [4.78, 5) is 2.52. The number of rotatable bonds is 5. The highest BCUT2D eigenvalue weighted by Gasteiger charge is 2.20. The maximum Gasteiger partial charge on any atom is 0.119 e. The fourth-order valence-corrected chi connectivity index (χ4v) is 2.91. The molecule has 3 nitrogen and oxygen atoms in total. The summed E-state index contributed by atoms with van der Waals surface area (Å²) in [6, 6.07) is 8.19. The molecule has 1 aliphatic rings. The molecule has 0 bridgehead atoms. The molecule has 0 saturated carbocycles. The molecular weight excluding hydrogens is 236 g/mol. The van der Waals surface area contributed by atoms with Crippen molar-refractivity contribution in [3.63, 3.8) is 0 Å². The molecule has 0 radical (unpaired) electrons. The van der Waals surface area contributed by atoms with Gasteiger partial charge in [-0.25, -0.2) is 0 Å². The van der Waals surface area contributed by atoms with E-state index in [9.17, 15) is 0 Å². The maximum atomic E-state index is 6.34. The van der Waals surface area contributed by atoms with Gasteiger partial charge in [0.1, 0.15) is 5.75 Å². The topological polar surface area (TPSA) is 38.5 Å². The predicted molar refractivity (Wildman–Crippen MR) is 79.4 cm³/mol. The van der Waals surface area contributed by atoms with Crippen molar-refractivity contribution in [2.75, 3.05) is 26.7 Å². The van der Waals surface area contributed by atoms with Crippen LogP contribution < -0.4 is 10.5 Å². The van der Waals surface area contributed by atoms with Gasteiger partial charge in [0.2, 0.25) is 0 Å². The van der Waals surface area contributed by atoms with Crippen LogP contribution in [0.4, 0.5) is 0 Å². The molecule has 2 N–H and O–H groups in total. The third kappa shape index (κ3) is 3.95. The Kier molecular flexibility index (Phi) is 5.23. The van der Waals surface area contributed by atoms with Crippen LogP contribution in [0.1, 0.15) is 37.8 Å². The van der Waals surface area contributed by atoms with Crippen LogP contribution in [0.3, 0.4) is 0 Å². The van der Waals surface area contributed by atoms with E-state index in [0.717, 1.165) is 23.8 Å². The van der Waals surface area contributed by atoms with E-state index in [1.54, 1.807) is 7.11 Å². The Bertz CT molecular complexity index is 394. The number of likely N-dealkylation sites (tertiary alicyclic amines) is 1. The maximum absolute atomic E-state index is 6.34. The minimum Gasteiger partial charge on any atom is -0.497 e. The van der Waals surface area contributed by atoms with E-state index in [4.69, 9.17) is 10.5 Å². The molecule has 3 heteroatoms. The van der Waals surface area contributed by atoms with Gasteiger partial charge in [0.05, 0.1) is 7.11 Å². The van der Waals surface area contributed by atoms with E-state index < -0.39 is 0 Å². The van der Waals surface area contributed by atoms with Crippen LogP contribution in [-0.2, 0) is 0 Å². The second-order valence-corrected chi connectivity index (χ2v) is 5.56. The van der Waals surface area contributed by atoms with Crippen molar-refractivity contribution in [1.29, 1.82) is 0 Å². The van der Waals surface area contributed by atoms with Gasteiger partial charge in [-0.3, -0.25) is 0 Å². The highest BCUT2D eigenvalue weighted by atomic mass is 16.5. The summed E-state index contributed by atoms with van der Waals surface area (Å²) in [5, 5.41) is 0.